The average Bonchev–Trinajstić information content (AvgIpc) is 3.23. The fourth-order valence-electron chi connectivity index (χ4n) is 3.38. The Bertz CT molecular complexity index is 1020. The molecule has 31 heavy (non-hydrogen) atoms. The van der Waals surface area contributed by atoms with E-state index >= 15 is 0 Å². The second-order valence-corrected chi connectivity index (χ2v) is 6.78. The maximum atomic E-state index is 12.5. The molecule has 162 valence electrons. The number of primary amides is 1. The van der Waals surface area contributed by atoms with Gasteiger partial charge in [0.15, 0.2) is 0 Å². The molecule has 0 saturated carbocycles. The van der Waals surface area contributed by atoms with Crippen LogP contribution in [0.4, 0.5) is 11.5 Å². The zero-order valence-electron chi connectivity index (χ0n) is 16.9. The Morgan fingerprint density at radius 1 is 1.39 bits per heavy atom. The number of nitrogens with zero attached hydrogens (tertiary/aromatic N) is 4. The third kappa shape index (κ3) is 4.94. The molecule has 3 N–H and O–H groups in total. The van der Waals surface area contributed by atoms with Crippen molar-refractivity contribution in [2.24, 2.45) is 5.73 Å². The van der Waals surface area contributed by atoms with Gasteiger partial charge in [0.2, 0.25) is 17.6 Å². The standard InChI is InChI=1S/C20H22N6O5/c1-2-6-13-7-3-4-9-15(13)31-20-17(26(29)30)18(23-12-24-20)25-10-5-8-14(25)19(28)22-11-16(21)27/h2-4,6-7,9,12,14H,5,8,10-11H2,1H3,(H2,21,27)(H,22,28). The number of carbonyl (C=O) groups excluding carboxylic acids is 2. The number of rotatable bonds is 8. The summed E-state index contributed by atoms with van der Waals surface area (Å²) in [7, 11) is 0. The van der Waals surface area contributed by atoms with Crippen LogP contribution in [0.3, 0.4) is 0 Å². The third-order valence-electron chi connectivity index (χ3n) is 4.69. The molecular weight excluding hydrogens is 404 g/mol. The molecule has 0 bridgehead atoms. The molecule has 11 nitrogen and oxygen atoms in total. The van der Waals surface area contributed by atoms with E-state index in [9.17, 15) is 19.7 Å². The number of hydrogen-bond donors (Lipinski definition) is 2. The fourth-order valence-corrected chi connectivity index (χ4v) is 3.38. The van der Waals surface area contributed by atoms with Gasteiger partial charge in [-0.15, -0.1) is 0 Å². The maximum absolute atomic E-state index is 12.5. The number of allylic oxidation sites excluding steroid dienone is 1. The first-order valence-corrected chi connectivity index (χ1v) is 9.64. The molecule has 0 aliphatic carbocycles. The first-order chi connectivity index (χ1) is 14.9. The fraction of sp³-hybridized carbons (Fsp3) is 0.300. The molecule has 1 aromatic heterocycles. The first kappa shape index (κ1) is 21.7. The highest BCUT2D eigenvalue weighted by atomic mass is 16.6. The van der Waals surface area contributed by atoms with Crippen LogP contribution in [0.1, 0.15) is 25.3 Å². The smallest absolute Gasteiger partial charge is 0.373 e. The Morgan fingerprint density at radius 3 is 2.87 bits per heavy atom. The minimum Gasteiger partial charge on any atom is -0.433 e. The van der Waals surface area contributed by atoms with Crippen molar-refractivity contribution in [3.8, 4) is 11.6 Å². The van der Waals surface area contributed by atoms with E-state index in [-0.39, 0.29) is 18.2 Å². The molecule has 0 radical (unpaired) electrons. The number of para-hydroxylation sites is 1. The van der Waals surface area contributed by atoms with Gasteiger partial charge in [-0.25, -0.2) is 4.98 Å². The van der Waals surface area contributed by atoms with Gasteiger partial charge >= 0.3 is 11.6 Å². The number of anilines is 1. The van der Waals surface area contributed by atoms with Crippen LogP contribution in [-0.4, -0.2) is 45.8 Å². The van der Waals surface area contributed by atoms with Crippen molar-refractivity contribution in [3.05, 3.63) is 52.3 Å². The van der Waals surface area contributed by atoms with Crippen LogP contribution in [-0.2, 0) is 9.59 Å². The quantitative estimate of drug-likeness (QED) is 0.478. The first-order valence-electron chi connectivity index (χ1n) is 9.64. The van der Waals surface area contributed by atoms with Gasteiger partial charge in [-0.05, 0) is 25.8 Å². The van der Waals surface area contributed by atoms with E-state index in [1.807, 2.05) is 31.2 Å². The summed E-state index contributed by atoms with van der Waals surface area (Å²) in [4.78, 5) is 44.3. The van der Waals surface area contributed by atoms with E-state index < -0.39 is 28.5 Å². The molecule has 2 aromatic rings. The number of benzene rings is 1. The summed E-state index contributed by atoms with van der Waals surface area (Å²) < 4.78 is 5.80. The molecule has 1 fully saturated rings. The van der Waals surface area contributed by atoms with Crippen molar-refractivity contribution in [2.45, 2.75) is 25.8 Å². The normalized spacial score (nSPS) is 15.8. The zero-order valence-corrected chi connectivity index (χ0v) is 16.9. The van der Waals surface area contributed by atoms with Gasteiger partial charge < -0.3 is 20.7 Å². The van der Waals surface area contributed by atoms with E-state index in [4.69, 9.17) is 10.5 Å². The molecule has 1 atom stereocenters. The molecule has 2 amide bonds. The Balaban J connectivity index is 1.96. The summed E-state index contributed by atoms with van der Waals surface area (Å²) in [5, 5.41) is 14.4. The van der Waals surface area contributed by atoms with Crippen LogP contribution >= 0.6 is 0 Å². The van der Waals surface area contributed by atoms with Gasteiger partial charge in [-0.2, -0.15) is 4.98 Å². The molecule has 0 spiro atoms. The van der Waals surface area contributed by atoms with Crippen LogP contribution in [0, 0.1) is 10.1 Å². The van der Waals surface area contributed by atoms with Crippen LogP contribution in [0.2, 0.25) is 0 Å². The predicted molar refractivity (Wildman–Crippen MR) is 112 cm³/mol. The molecule has 11 heteroatoms. The van der Waals surface area contributed by atoms with Gasteiger partial charge in [-0.3, -0.25) is 19.7 Å². The van der Waals surface area contributed by atoms with Crippen molar-refractivity contribution >= 4 is 29.4 Å². The Hall–Kier alpha value is -4.02. The van der Waals surface area contributed by atoms with E-state index in [1.165, 1.54) is 4.90 Å². The van der Waals surface area contributed by atoms with Crippen LogP contribution in [0.25, 0.3) is 6.08 Å². The molecule has 2 heterocycles. The monoisotopic (exact) mass is 426 g/mol. The van der Waals surface area contributed by atoms with Crippen LogP contribution < -0.4 is 20.7 Å². The van der Waals surface area contributed by atoms with Crippen molar-refractivity contribution in [1.29, 1.82) is 0 Å². The topological polar surface area (TPSA) is 154 Å². The van der Waals surface area contributed by atoms with Crippen molar-refractivity contribution in [1.82, 2.24) is 15.3 Å². The highest BCUT2D eigenvalue weighted by Gasteiger charge is 2.38. The summed E-state index contributed by atoms with van der Waals surface area (Å²) in [5.41, 5.74) is 5.37. The van der Waals surface area contributed by atoms with Gasteiger partial charge in [0, 0.05) is 12.1 Å². The average molecular weight is 426 g/mol. The summed E-state index contributed by atoms with van der Waals surface area (Å²) in [5.74, 6) is -0.984. The number of ether oxygens (including phenoxy) is 1. The number of nitrogens with two attached hydrogens (primary N) is 1. The SMILES string of the molecule is CC=Cc1ccccc1Oc1ncnc(N2CCCC2C(=O)NCC(N)=O)c1[N+](=O)[O-]. The lowest BCUT2D eigenvalue weighted by atomic mass is 10.2. The van der Waals surface area contributed by atoms with Crippen LogP contribution in [0.5, 0.6) is 11.6 Å². The molecule has 1 aliphatic rings. The maximum Gasteiger partial charge on any atom is 0.373 e. The molecule has 1 saturated heterocycles. The number of nitro groups is 1. The Labute approximate surface area is 178 Å². The molecule has 1 aromatic carbocycles. The molecule has 1 unspecified atom stereocenters. The number of carbonyl (C=O) groups is 2. The van der Waals surface area contributed by atoms with Crippen molar-refractivity contribution in [2.75, 3.05) is 18.0 Å². The number of hydrogen-bond acceptors (Lipinski definition) is 8. The molecule has 3 rings (SSSR count). The number of aromatic nitrogens is 2. The van der Waals surface area contributed by atoms with Gasteiger partial charge in [-0.1, -0.05) is 30.4 Å². The second kappa shape index (κ2) is 9.65. The highest BCUT2D eigenvalue weighted by molar-refractivity contribution is 5.89. The van der Waals surface area contributed by atoms with Crippen molar-refractivity contribution in [3.63, 3.8) is 0 Å². The zero-order chi connectivity index (χ0) is 22.4. The summed E-state index contributed by atoms with van der Waals surface area (Å²) >= 11 is 0. The van der Waals surface area contributed by atoms with E-state index in [0.29, 0.717) is 25.1 Å². The molecule has 1 aliphatic heterocycles. The lowest BCUT2D eigenvalue weighted by Gasteiger charge is -2.24. The van der Waals surface area contributed by atoms with E-state index in [1.54, 1.807) is 12.1 Å². The Kier molecular flexibility index (Phi) is 6.75. The summed E-state index contributed by atoms with van der Waals surface area (Å²) in [6.07, 6.45) is 5.86. The number of nitrogens with one attached hydrogen (secondary N) is 1. The van der Waals surface area contributed by atoms with Gasteiger partial charge in [0.1, 0.15) is 18.1 Å². The summed E-state index contributed by atoms with van der Waals surface area (Å²) in [6, 6.07) is 6.33. The lowest BCUT2D eigenvalue weighted by Crippen LogP contribution is -2.46. The Morgan fingerprint density at radius 2 is 2.16 bits per heavy atom. The third-order valence-corrected chi connectivity index (χ3v) is 4.69. The van der Waals surface area contributed by atoms with Gasteiger partial charge in [0.05, 0.1) is 11.5 Å². The minimum atomic E-state index is -0.726. The van der Waals surface area contributed by atoms with Crippen LogP contribution in [0.15, 0.2) is 36.7 Å². The second-order valence-electron chi connectivity index (χ2n) is 6.78. The molecular formula is C20H22N6O5. The van der Waals surface area contributed by atoms with E-state index in [0.717, 1.165) is 11.9 Å². The van der Waals surface area contributed by atoms with Gasteiger partial charge in [0.25, 0.3) is 0 Å². The number of amides is 2. The lowest BCUT2D eigenvalue weighted by molar-refractivity contribution is -0.385. The van der Waals surface area contributed by atoms with Crippen molar-refractivity contribution < 1.29 is 19.2 Å². The van der Waals surface area contributed by atoms with E-state index in [2.05, 4.69) is 15.3 Å². The highest BCUT2D eigenvalue weighted by Crippen LogP contribution is 2.39. The minimum absolute atomic E-state index is 0.0183. The summed E-state index contributed by atoms with van der Waals surface area (Å²) in [6.45, 7) is 1.91. The largest absolute Gasteiger partial charge is 0.433 e. The predicted octanol–water partition coefficient (Wildman–Crippen LogP) is 1.78.